The number of urea groups is 1. The molecule has 3 heterocycles. The van der Waals surface area contributed by atoms with Crippen LogP contribution in [0, 0.1) is 5.92 Å². The highest BCUT2D eigenvalue weighted by Gasteiger charge is 2.44. The molecule has 2 aliphatic rings. The maximum atomic E-state index is 12.3. The van der Waals surface area contributed by atoms with Crippen molar-refractivity contribution in [3.05, 3.63) is 42.5 Å². The predicted molar refractivity (Wildman–Crippen MR) is 147 cm³/mol. The van der Waals surface area contributed by atoms with Gasteiger partial charge in [0.05, 0.1) is 12.4 Å². The number of rotatable bonds is 8. The van der Waals surface area contributed by atoms with Crippen LogP contribution in [0.25, 0.3) is 11.2 Å². The molecule has 1 aliphatic heterocycles. The second kappa shape index (κ2) is 11.0. The first-order chi connectivity index (χ1) is 18.6. The molecule has 12 heteroatoms. The Kier molecular flexibility index (Phi) is 7.72. The fourth-order valence-corrected chi connectivity index (χ4v) is 5.22. The maximum Gasteiger partial charge on any atom is 0.319 e. The summed E-state index contributed by atoms with van der Waals surface area (Å²) in [5.41, 5.74) is 8.79. The van der Waals surface area contributed by atoms with E-state index in [4.69, 9.17) is 10.5 Å². The lowest BCUT2D eigenvalue weighted by Crippen LogP contribution is -2.47. The molecule has 12 nitrogen and oxygen atoms in total. The van der Waals surface area contributed by atoms with Crippen LogP contribution < -0.4 is 21.7 Å². The molecule has 1 saturated heterocycles. The average molecular weight is 539 g/mol. The van der Waals surface area contributed by atoms with Gasteiger partial charge in [-0.05, 0) is 54.8 Å². The van der Waals surface area contributed by atoms with Crippen molar-refractivity contribution in [1.29, 1.82) is 0 Å². The first-order valence-electron chi connectivity index (χ1n) is 13.4. The minimum absolute atomic E-state index is 0.0737. The minimum atomic E-state index is -1.12. The van der Waals surface area contributed by atoms with Crippen molar-refractivity contribution in [2.24, 2.45) is 5.92 Å². The summed E-state index contributed by atoms with van der Waals surface area (Å²) in [5.74, 6) is 0.660. The third-order valence-electron chi connectivity index (χ3n) is 7.66. The van der Waals surface area contributed by atoms with Gasteiger partial charge in [0.15, 0.2) is 17.7 Å². The quantitative estimate of drug-likeness (QED) is 0.250. The summed E-state index contributed by atoms with van der Waals surface area (Å²) in [7, 11) is 0. The summed E-state index contributed by atoms with van der Waals surface area (Å²) in [5, 5.41) is 30.5. The number of hydrogen-bond donors (Lipinski definition) is 6. The Morgan fingerprint density at radius 1 is 1.13 bits per heavy atom. The summed E-state index contributed by atoms with van der Waals surface area (Å²) in [4.78, 5) is 24.6. The zero-order chi connectivity index (χ0) is 27.7. The fraction of sp³-hybridized carbons (Fsp3) is 0.556. The van der Waals surface area contributed by atoms with Gasteiger partial charge in [-0.15, -0.1) is 0 Å². The zero-order valence-corrected chi connectivity index (χ0v) is 22.5. The highest BCUT2D eigenvalue weighted by atomic mass is 16.6. The zero-order valence-electron chi connectivity index (χ0n) is 22.5. The lowest BCUT2D eigenvalue weighted by molar-refractivity contribution is -0.0370. The van der Waals surface area contributed by atoms with Gasteiger partial charge < -0.3 is 36.6 Å². The van der Waals surface area contributed by atoms with Gasteiger partial charge in [0, 0.05) is 18.3 Å². The molecule has 210 valence electrons. The van der Waals surface area contributed by atoms with Crippen molar-refractivity contribution in [3.8, 4) is 0 Å². The van der Waals surface area contributed by atoms with Crippen molar-refractivity contribution in [3.63, 3.8) is 0 Å². The Labute approximate surface area is 227 Å². The summed E-state index contributed by atoms with van der Waals surface area (Å²) in [6.45, 7) is 7.73. The van der Waals surface area contributed by atoms with Gasteiger partial charge in [0.25, 0.3) is 0 Å². The van der Waals surface area contributed by atoms with Crippen LogP contribution in [0.4, 0.5) is 16.3 Å². The van der Waals surface area contributed by atoms with Crippen LogP contribution in [-0.4, -0.2) is 73.2 Å². The van der Waals surface area contributed by atoms with Crippen molar-refractivity contribution in [1.82, 2.24) is 30.2 Å². The number of aliphatic hydroxyl groups excluding tert-OH is 2. The average Bonchev–Trinajstić information content (AvgIpc) is 3.42. The normalized spacial score (nSPS) is 26.9. The van der Waals surface area contributed by atoms with Gasteiger partial charge in [-0.1, -0.05) is 32.9 Å². The Morgan fingerprint density at radius 2 is 1.87 bits per heavy atom. The second-order valence-corrected chi connectivity index (χ2v) is 11.6. The second-order valence-electron chi connectivity index (χ2n) is 11.6. The largest absolute Gasteiger partial charge is 0.388 e. The van der Waals surface area contributed by atoms with Gasteiger partial charge in [-0.3, -0.25) is 4.57 Å². The van der Waals surface area contributed by atoms with Gasteiger partial charge in [0.1, 0.15) is 24.1 Å². The van der Waals surface area contributed by atoms with E-state index in [1.807, 2.05) is 24.3 Å². The van der Waals surface area contributed by atoms with E-state index in [0.29, 0.717) is 42.6 Å². The van der Waals surface area contributed by atoms with Crippen molar-refractivity contribution in [2.45, 2.75) is 76.0 Å². The van der Waals surface area contributed by atoms with E-state index in [0.717, 1.165) is 18.5 Å². The number of anilines is 2. The maximum absolute atomic E-state index is 12.3. The molecule has 39 heavy (non-hydrogen) atoms. The molecule has 1 aliphatic carbocycles. The lowest BCUT2D eigenvalue weighted by Gasteiger charge is -2.36. The molecular formula is C27H38N8O4. The van der Waals surface area contributed by atoms with Crippen LogP contribution in [0.1, 0.15) is 51.8 Å². The summed E-state index contributed by atoms with van der Waals surface area (Å²) >= 11 is 0. The molecule has 7 N–H and O–H groups in total. The summed E-state index contributed by atoms with van der Waals surface area (Å²) < 4.78 is 7.58. The SMILES string of the molecule is CC(C)(C)c1ccc(NC(=O)NCC2CC(NCC[C@H]3O[C@@H](n4cnc5c(N)ncnc54)[C@H](O)[C@@H]3O)C2)cc1. The third-order valence-corrected chi connectivity index (χ3v) is 7.66. The van der Waals surface area contributed by atoms with Crippen molar-refractivity contribution >= 4 is 28.7 Å². The number of benzene rings is 1. The Bertz CT molecular complexity index is 1290. The first-order valence-corrected chi connectivity index (χ1v) is 13.4. The predicted octanol–water partition coefficient (Wildman–Crippen LogP) is 1.91. The number of amides is 2. The number of aliphatic hydroxyl groups is 2. The molecule has 4 atom stereocenters. The van der Waals surface area contributed by atoms with Crippen LogP contribution in [0.5, 0.6) is 0 Å². The van der Waals surface area contributed by atoms with Crippen molar-refractivity contribution < 1.29 is 19.7 Å². The molecule has 0 spiro atoms. The molecule has 5 rings (SSSR count). The van der Waals surface area contributed by atoms with E-state index in [-0.39, 0.29) is 17.3 Å². The molecule has 2 amide bonds. The molecule has 1 aromatic carbocycles. The number of aromatic nitrogens is 4. The molecular weight excluding hydrogens is 500 g/mol. The van der Waals surface area contributed by atoms with Crippen LogP contribution in [0.15, 0.2) is 36.9 Å². The summed E-state index contributed by atoms with van der Waals surface area (Å²) in [6.07, 6.45) is 1.77. The number of ether oxygens (including phenoxy) is 1. The first kappa shape index (κ1) is 27.3. The Hall–Kier alpha value is -3.32. The van der Waals surface area contributed by atoms with E-state index in [1.54, 1.807) is 4.57 Å². The fourth-order valence-electron chi connectivity index (χ4n) is 5.22. The molecule has 2 aromatic heterocycles. The topological polar surface area (TPSA) is 172 Å². The molecule has 0 unspecified atom stereocenters. The van der Waals surface area contributed by atoms with E-state index in [9.17, 15) is 15.0 Å². The number of hydrogen-bond acceptors (Lipinski definition) is 9. The van der Waals surface area contributed by atoms with Crippen LogP contribution in [0.2, 0.25) is 0 Å². The monoisotopic (exact) mass is 538 g/mol. The highest BCUT2D eigenvalue weighted by molar-refractivity contribution is 5.89. The number of nitrogens with zero attached hydrogens (tertiary/aromatic N) is 4. The highest BCUT2D eigenvalue weighted by Crippen LogP contribution is 2.33. The Balaban J connectivity index is 1.00. The van der Waals surface area contributed by atoms with Gasteiger partial charge >= 0.3 is 6.03 Å². The number of nitrogen functional groups attached to an aromatic ring is 1. The number of imidazole rings is 1. The molecule has 2 fully saturated rings. The van der Waals surface area contributed by atoms with E-state index >= 15 is 0 Å². The molecule has 1 saturated carbocycles. The minimum Gasteiger partial charge on any atom is -0.388 e. The number of nitrogens with one attached hydrogen (secondary N) is 3. The van der Waals surface area contributed by atoms with Gasteiger partial charge in [-0.2, -0.15) is 0 Å². The molecule has 0 radical (unpaired) electrons. The van der Waals surface area contributed by atoms with Crippen LogP contribution >= 0.6 is 0 Å². The van der Waals surface area contributed by atoms with E-state index in [1.165, 1.54) is 18.2 Å². The van der Waals surface area contributed by atoms with Crippen molar-refractivity contribution in [2.75, 3.05) is 24.1 Å². The van der Waals surface area contributed by atoms with Crippen LogP contribution in [-0.2, 0) is 10.2 Å². The molecule has 3 aromatic rings. The van der Waals surface area contributed by atoms with E-state index in [2.05, 4.69) is 51.7 Å². The number of fused-ring (bicyclic) bond motifs is 1. The number of carbonyl (C=O) groups excluding carboxylic acids is 1. The van der Waals surface area contributed by atoms with Gasteiger partial charge in [0.2, 0.25) is 0 Å². The van der Waals surface area contributed by atoms with E-state index < -0.39 is 24.5 Å². The van der Waals surface area contributed by atoms with Gasteiger partial charge in [-0.25, -0.2) is 19.7 Å². The lowest BCUT2D eigenvalue weighted by atomic mass is 9.80. The Morgan fingerprint density at radius 3 is 2.59 bits per heavy atom. The smallest absolute Gasteiger partial charge is 0.319 e. The number of nitrogens with two attached hydrogens (primary N) is 1. The third kappa shape index (κ3) is 5.98. The number of carbonyl (C=O) groups is 1. The molecule has 0 bridgehead atoms. The standard InChI is InChI=1S/C27H38N8O4/c1-27(2,3)16-4-6-17(7-5-16)34-26(38)30-12-15-10-18(11-15)29-9-8-19-21(36)22(37)25(39-19)35-14-33-20-23(28)31-13-32-24(20)35/h4-7,13-15,18-19,21-22,25,29,36-37H,8-12H2,1-3H3,(H2,28,31,32)(H2,30,34,38)/t15?,18?,19-,21-,22-,25-/m1/s1. The van der Waals surface area contributed by atoms with Crippen LogP contribution in [0.3, 0.4) is 0 Å². The summed E-state index contributed by atoms with van der Waals surface area (Å²) in [6, 6.07) is 8.09.